The molecule has 1 heterocycles. The van der Waals surface area contributed by atoms with Crippen LogP contribution in [0.1, 0.15) is 12.6 Å². The molecule has 0 aliphatic carbocycles. The summed E-state index contributed by atoms with van der Waals surface area (Å²) in [5, 5.41) is 14.4. The molecule has 0 unspecified atom stereocenters. The molecule has 2 aromatic carbocycles. The van der Waals surface area contributed by atoms with E-state index in [2.05, 4.69) is 10.6 Å². The first-order valence-corrected chi connectivity index (χ1v) is 9.58. The molecule has 8 heteroatoms. The first-order chi connectivity index (χ1) is 14.0. The number of carboxylic acid groups (broad SMARTS) is 1. The van der Waals surface area contributed by atoms with E-state index in [0.717, 1.165) is 11.1 Å². The third-order valence-electron chi connectivity index (χ3n) is 4.98. The molecule has 2 aromatic rings. The van der Waals surface area contributed by atoms with E-state index in [1.807, 2.05) is 60.7 Å². The van der Waals surface area contributed by atoms with Gasteiger partial charge in [-0.2, -0.15) is 0 Å². The van der Waals surface area contributed by atoms with Crippen LogP contribution in [0.25, 0.3) is 0 Å². The molecule has 3 rings (SSSR count). The minimum absolute atomic E-state index is 0. The van der Waals surface area contributed by atoms with Crippen LogP contribution in [0.5, 0.6) is 0 Å². The number of amides is 2. The Bertz CT molecular complexity index is 870. The molecule has 0 radical (unpaired) electrons. The van der Waals surface area contributed by atoms with Crippen LogP contribution in [-0.4, -0.2) is 59.5 Å². The maximum absolute atomic E-state index is 13.0. The number of rotatable bonds is 9. The van der Waals surface area contributed by atoms with Gasteiger partial charge in [-0.25, -0.2) is 0 Å². The van der Waals surface area contributed by atoms with Gasteiger partial charge in [-0.15, -0.1) is 0 Å². The number of benzene rings is 2. The number of carbonyl (C=O) groups excluding carboxylic acids is 2. The number of carbonyl (C=O) groups is 3. The zero-order valence-corrected chi connectivity index (χ0v) is 19.2. The fourth-order valence-corrected chi connectivity index (χ4v) is 3.21. The number of aliphatic carboxylic acids is 1. The maximum Gasteiger partial charge on any atom is 1.00 e. The van der Waals surface area contributed by atoms with E-state index >= 15 is 0 Å². The van der Waals surface area contributed by atoms with Crippen LogP contribution >= 0.6 is 0 Å². The minimum atomic E-state index is -1.07. The average Bonchev–Trinajstić information content (AvgIpc) is 3.54. The largest absolute Gasteiger partial charge is 1.00 e. The summed E-state index contributed by atoms with van der Waals surface area (Å²) in [7, 11) is 1.71. The Hall–Kier alpha value is -2.19. The van der Waals surface area contributed by atoms with Gasteiger partial charge < -0.3 is 16.7 Å². The second-order valence-electron chi connectivity index (χ2n) is 7.21. The topological polar surface area (TPSA) is 109 Å². The Kier molecular flexibility index (Phi) is 9.05. The van der Waals surface area contributed by atoms with Crippen LogP contribution in [-0.2, 0) is 27.2 Å². The number of likely N-dealkylation sites (N-methyl/N-ethyl adjacent to an activating group) is 1. The molecule has 154 valence electrons. The van der Waals surface area contributed by atoms with Crippen molar-refractivity contribution in [3.8, 4) is 0 Å². The fourth-order valence-electron chi connectivity index (χ4n) is 3.21. The molecule has 1 aliphatic heterocycles. The van der Waals surface area contributed by atoms with E-state index in [-0.39, 0.29) is 36.9 Å². The van der Waals surface area contributed by atoms with Gasteiger partial charge in [0.1, 0.15) is 18.1 Å². The Morgan fingerprint density at radius 2 is 1.60 bits per heavy atom. The zero-order valence-electron chi connectivity index (χ0n) is 18.2. The van der Waals surface area contributed by atoms with Crippen LogP contribution in [0.15, 0.2) is 60.7 Å². The number of hydrogen-bond donors (Lipinski definition) is 3. The van der Waals surface area contributed by atoms with Gasteiger partial charge in [0.2, 0.25) is 11.8 Å². The van der Waals surface area contributed by atoms with E-state index in [9.17, 15) is 14.4 Å². The number of nitrogens with one attached hydrogen (secondary N) is 2. The van der Waals surface area contributed by atoms with Crippen molar-refractivity contribution in [1.82, 2.24) is 15.5 Å². The molecule has 1 aliphatic rings. The molecule has 0 bridgehead atoms. The monoisotopic (exact) mass is 419 g/mol. The summed E-state index contributed by atoms with van der Waals surface area (Å²) < 4.78 is 0. The van der Waals surface area contributed by atoms with Gasteiger partial charge in [-0.1, -0.05) is 60.7 Å². The average molecular weight is 419 g/mol. The van der Waals surface area contributed by atoms with Crippen molar-refractivity contribution in [2.75, 3.05) is 13.6 Å². The SMILES string of the molecule is CN(CCc1ccccc1)C(=O)[C@H](Cc1ccccc1)NC(=O)[C@H]1N[C@@H]1C(=O)O.[H-].[Na+]. The van der Waals surface area contributed by atoms with E-state index < -0.39 is 30.0 Å². The van der Waals surface area contributed by atoms with Crippen molar-refractivity contribution in [3.63, 3.8) is 0 Å². The summed E-state index contributed by atoms with van der Waals surface area (Å²) in [5.41, 5.74) is 2.04. The van der Waals surface area contributed by atoms with Gasteiger partial charge in [0.15, 0.2) is 0 Å². The molecule has 3 N–H and O–H groups in total. The van der Waals surface area contributed by atoms with Crippen molar-refractivity contribution in [2.24, 2.45) is 0 Å². The van der Waals surface area contributed by atoms with Crippen molar-refractivity contribution < 1.29 is 50.5 Å². The fraction of sp³-hybridized carbons (Fsp3) is 0.318. The van der Waals surface area contributed by atoms with Crippen molar-refractivity contribution >= 4 is 17.8 Å². The predicted octanol–water partition coefficient (Wildman–Crippen LogP) is -2.04. The summed E-state index contributed by atoms with van der Waals surface area (Å²) in [5.74, 6) is -1.75. The molecular formula is C22H26N3NaO4. The minimum Gasteiger partial charge on any atom is -1.00 e. The van der Waals surface area contributed by atoms with Crippen LogP contribution < -0.4 is 40.2 Å². The van der Waals surface area contributed by atoms with Crippen molar-refractivity contribution in [3.05, 3.63) is 71.8 Å². The quantitative estimate of drug-likeness (QED) is 0.321. The van der Waals surface area contributed by atoms with Gasteiger partial charge in [0.05, 0.1) is 0 Å². The molecule has 0 spiro atoms. The summed E-state index contributed by atoms with van der Waals surface area (Å²) >= 11 is 0. The maximum atomic E-state index is 13.0. The van der Waals surface area contributed by atoms with Crippen LogP contribution in [0.2, 0.25) is 0 Å². The van der Waals surface area contributed by atoms with Crippen molar-refractivity contribution in [1.29, 1.82) is 0 Å². The molecule has 30 heavy (non-hydrogen) atoms. The van der Waals surface area contributed by atoms with Crippen molar-refractivity contribution in [2.45, 2.75) is 31.0 Å². The summed E-state index contributed by atoms with van der Waals surface area (Å²) in [4.78, 5) is 38.1. The number of nitrogens with zero attached hydrogens (tertiary/aromatic N) is 1. The zero-order chi connectivity index (χ0) is 20.8. The van der Waals surface area contributed by atoms with Gasteiger partial charge in [-0.05, 0) is 17.5 Å². The predicted molar refractivity (Wildman–Crippen MR) is 109 cm³/mol. The van der Waals surface area contributed by atoms with Crippen LogP contribution in [0, 0.1) is 0 Å². The smallest absolute Gasteiger partial charge is 1.00 e. The normalized spacial score (nSPS) is 17.9. The molecule has 1 saturated heterocycles. The summed E-state index contributed by atoms with van der Waals surface area (Å²) in [6, 6.07) is 16.8. The Labute approximate surface area is 199 Å². The van der Waals surface area contributed by atoms with E-state index in [4.69, 9.17) is 5.11 Å². The molecule has 1 fully saturated rings. The third kappa shape index (κ3) is 6.67. The Morgan fingerprint density at radius 1 is 1.03 bits per heavy atom. The van der Waals surface area contributed by atoms with Crippen LogP contribution in [0.3, 0.4) is 0 Å². The number of hydrogen-bond acceptors (Lipinski definition) is 4. The third-order valence-corrected chi connectivity index (χ3v) is 4.98. The Balaban J connectivity index is 0.00000240. The summed E-state index contributed by atoms with van der Waals surface area (Å²) in [6.07, 6.45) is 1.05. The summed E-state index contributed by atoms with van der Waals surface area (Å²) in [6.45, 7) is 0.517. The van der Waals surface area contributed by atoms with Gasteiger partial charge in [0, 0.05) is 20.0 Å². The second-order valence-corrected chi connectivity index (χ2v) is 7.21. The molecule has 0 saturated carbocycles. The first kappa shape index (κ1) is 24.1. The molecule has 7 nitrogen and oxygen atoms in total. The number of carboxylic acids is 1. The Morgan fingerprint density at radius 3 is 2.13 bits per heavy atom. The van der Waals surface area contributed by atoms with E-state index in [1.54, 1.807) is 11.9 Å². The van der Waals surface area contributed by atoms with E-state index in [1.165, 1.54) is 0 Å². The second kappa shape index (κ2) is 11.3. The van der Waals surface area contributed by atoms with Crippen LogP contribution in [0.4, 0.5) is 0 Å². The standard InChI is InChI=1S/C22H25N3O4.Na.H/c1-25(13-12-15-8-4-2-5-9-15)21(27)17(14-16-10-6-3-7-11-16)23-20(26)18-19(24-18)22(28)29;;/h2-11,17-19,24H,12-14H2,1H3,(H,23,26)(H,28,29);;/q;+1;-1/t17-,18-,19-;;/m0../s1. The van der Waals surface area contributed by atoms with E-state index in [0.29, 0.717) is 19.4 Å². The molecule has 2 amide bonds. The molecule has 0 aromatic heterocycles. The van der Waals surface area contributed by atoms with Gasteiger partial charge in [-0.3, -0.25) is 19.7 Å². The first-order valence-electron chi connectivity index (χ1n) is 9.58. The molecule has 3 atom stereocenters. The van der Waals surface area contributed by atoms with Gasteiger partial charge >= 0.3 is 35.5 Å². The van der Waals surface area contributed by atoms with Gasteiger partial charge in [0.25, 0.3) is 0 Å². The molecular weight excluding hydrogens is 393 g/mol.